The Labute approximate surface area is 177 Å². The molecule has 1 amide bonds. The minimum atomic E-state index is -1.05. The molecule has 7 nitrogen and oxygen atoms in total. The van der Waals surface area contributed by atoms with Gasteiger partial charge in [0.15, 0.2) is 18.3 Å². The number of nitrogens with zero attached hydrogens (tertiary/aromatic N) is 2. The number of hydrogen-bond acceptors (Lipinski definition) is 8. The largest absolute Gasteiger partial charge is 0.457 e. The molecular weight excluding hydrogens is 410 g/mol. The fraction of sp³-hybridized carbons (Fsp3) is 0.350. The van der Waals surface area contributed by atoms with Crippen molar-refractivity contribution in [2.45, 2.75) is 31.9 Å². The summed E-state index contributed by atoms with van der Waals surface area (Å²) in [6.07, 6.45) is 0. The Kier molecular flexibility index (Phi) is 8.36. The van der Waals surface area contributed by atoms with Crippen LogP contribution in [0.3, 0.4) is 0 Å². The van der Waals surface area contributed by atoms with Crippen LogP contribution in [-0.4, -0.2) is 40.3 Å². The first-order valence-electron chi connectivity index (χ1n) is 8.79. The number of Topliss-reactive ketones (excluding diaryl/α,β-unsaturated/α-hetero) is 1. The topological polar surface area (TPSA) is 109 Å². The van der Waals surface area contributed by atoms with E-state index in [9.17, 15) is 19.6 Å². The summed E-state index contributed by atoms with van der Waals surface area (Å²) in [7, 11) is 0. The van der Waals surface area contributed by atoms with E-state index < -0.39 is 29.5 Å². The molecule has 152 valence electrons. The molecule has 1 N–H and O–H groups in total. The summed E-state index contributed by atoms with van der Waals surface area (Å²) in [5.74, 6) is -2.36. The van der Waals surface area contributed by atoms with Crippen molar-refractivity contribution < 1.29 is 19.1 Å². The van der Waals surface area contributed by atoms with E-state index in [1.54, 1.807) is 31.4 Å². The van der Waals surface area contributed by atoms with Crippen LogP contribution in [0.25, 0.3) is 0 Å². The maximum absolute atomic E-state index is 12.2. The van der Waals surface area contributed by atoms with Gasteiger partial charge >= 0.3 is 5.97 Å². The molecule has 2 aromatic rings. The van der Waals surface area contributed by atoms with Gasteiger partial charge in [0.25, 0.3) is 0 Å². The smallest absolute Gasteiger partial charge is 0.319 e. The Morgan fingerprint density at radius 3 is 2.55 bits per heavy atom. The number of benzene rings is 1. The van der Waals surface area contributed by atoms with Crippen LogP contribution in [0.2, 0.25) is 0 Å². The van der Waals surface area contributed by atoms with Crippen molar-refractivity contribution in [2.24, 2.45) is 0 Å². The number of nitrogens with one attached hydrogen (secondary N) is 1. The average Bonchev–Trinajstić information content (AvgIpc) is 3.12. The van der Waals surface area contributed by atoms with Gasteiger partial charge in [-0.3, -0.25) is 14.4 Å². The lowest BCUT2D eigenvalue weighted by atomic mass is 10.1. The number of carbonyl (C=O) groups is 3. The number of ketones is 1. The number of carbonyl (C=O) groups excluding carboxylic acids is 3. The number of esters is 1. The lowest BCUT2D eigenvalue weighted by molar-refractivity contribution is -0.147. The summed E-state index contributed by atoms with van der Waals surface area (Å²) >= 11 is 2.33. The molecule has 0 bridgehead atoms. The molecule has 0 aliphatic rings. The van der Waals surface area contributed by atoms with Gasteiger partial charge < -0.3 is 10.1 Å². The molecule has 0 aliphatic heterocycles. The fourth-order valence-corrected chi connectivity index (χ4v) is 3.75. The number of ether oxygens (including phenoxy) is 1. The Hall–Kier alpha value is -2.70. The van der Waals surface area contributed by atoms with Crippen molar-refractivity contribution in [2.75, 3.05) is 17.7 Å². The molecule has 0 unspecified atom stereocenters. The maximum Gasteiger partial charge on any atom is 0.319 e. The molecule has 29 heavy (non-hydrogen) atoms. The van der Waals surface area contributed by atoms with E-state index in [1.165, 1.54) is 11.3 Å². The number of aromatic nitrogens is 1. The highest BCUT2D eigenvalue weighted by Crippen LogP contribution is 2.21. The van der Waals surface area contributed by atoms with Gasteiger partial charge in [-0.1, -0.05) is 17.7 Å². The number of nitriles is 1. The first-order chi connectivity index (χ1) is 13.8. The van der Waals surface area contributed by atoms with Crippen molar-refractivity contribution in [3.05, 3.63) is 45.9 Å². The van der Waals surface area contributed by atoms with Gasteiger partial charge in [-0.15, -0.1) is 23.1 Å². The molecule has 1 aromatic carbocycles. The molecule has 1 heterocycles. The predicted octanol–water partition coefficient (Wildman–Crippen LogP) is 3.24. The van der Waals surface area contributed by atoms with Crippen LogP contribution in [0.1, 0.15) is 29.1 Å². The zero-order valence-corrected chi connectivity index (χ0v) is 17.9. The molecule has 0 fully saturated rings. The van der Waals surface area contributed by atoms with E-state index in [-0.39, 0.29) is 11.7 Å². The monoisotopic (exact) mass is 431 g/mol. The van der Waals surface area contributed by atoms with Crippen LogP contribution in [0.5, 0.6) is 0 Å². The van der Waals surface area contributed by atoms with E-state index in [2.05, 4.69) is 10.3 Å². The number of rotatable bonds is 9. The van der Waals surface area contributed by atoms with Crippen molar-refractivity contribution in [1.29, 1.82) is 5.26 Å². The van der Waals surface area contributed by atoms with E-state index >= 15 is 0 Å². The van der Waals surface area contributed by atoms with Crippen LogP contribution in [0.4, 0.5) is 5.69 Å². The van der Waals surface area contributed by atoms with Crippen molar-refractivity contribution in [3.63, 3.8) is 0 Å². The summed E-state index contributed by atoms with van der Waals surface area (Å²) in [5.41, 5.74) is 2.50. The zero-order valence-electron chi connectivity index (χ0n) is 16.3. The zero-order chi connectivity index (χ0) is 21.4. The highest BCUT2D eigenvalue weighted by atomic mass is 32.2. The van der Waals surface area contributed by atoms with Gasteiger partial charge in [0.1, 0.15) is 10.3 Å². The van der Waals surface area contributed by atoms with Gasteiger partial charge in [0.2, 0.25) is 5.91 Å². The van der Waals surface area contributed by atoms with Crippen LogP contribution in [0.15, 0.2) is 29.6 Å². The SMILES string of the molecule is Cc1ccc(NC(=O)CS[C@@H](C)C(=O)OCC(=O)[C@@H](C#N)c2nc(C)cs2)cc1. The highest BCUT2D eigenvalue weighted by Gasteiger charge is 2.25. The van der Waals surface area contributed by atoms with E-state index in [4.69, 9.17) is 4.74 Å². The van der Waals surface area contributed by atoms with Gasteiger partial charge in [0, 0.05) is 16.8 Å². The Morgan fingerprint density at radius 2 is 1.97 bits per heavy atom. The molecule has 0 radical (unpaired) electrons. The van der Waals surface area contributed by atoms with Crippen LogP contribution >= 0.6 is 23.1 Å². The molecule has 2 atom stereocenters. The highest BCUT2D eigenvalue weighted by molar-refractivity contribution is 8.01. The summed E-state index contributed by atoms with van der Waals surface area (Å²) in [4.78, 5) is 40.4. The second kappa shape index (κ2) is 10.7. The quantitative estimate of drug-likeness (QED) is 0.607. The van der Waals surface area contributed by atoms with Gasteiger partial charge in [-0.25, -0.2) is 4.98 Å². The van der Waals surface area contributed by atoms with Crippen molar-refractivity contribution in [1.82, 2.24) is 4.98 Å². The molecule has 0 spiro atoms. The van der Waals surface area contributed by atoms with Gasteiger partial charge in [0.05, 0.1) is 11.8 Å². The number of aryl methyl sites for hydroxylation is 2. The predicted molar refractivity (Wildman–Crippen MR) is 113 cm³/mol. The molecule has 1 aromatic heterocycles. The van der Waals surface area contributed by atoms with Crippen LogP contribution in [0, 0.1) is 25.2 Å². The van der Waals surface area contributed by atoms with E-state index in [0.29, 0.717) is 10.7 Å². The van der Waals surface area contributed by atoms with Gasteiger partial charge in [-0.2, -0.15) is 5.26 Å². The molecule has 0 aliphatic carbocycles. The molecule has 0 saturated heterocycles. The number of thioether (sulfide) groups is 1. The maximum atomic E-state index is 12.2. The van der Waals surface area contributed by atoms with Crippen LogP contribution in [-0.2, 0) is 19.1 Å². The van der Waals surface area contributed by atoms with Gasteiger partial charge in [-0.05, 0) is 32.9 Å². The molecule has 0 saturated carbocycles. The van der Waals surface area contributed by atoms with E-state index in [0.717, 1.165) is 23.0 Å². The summed E-state index contributed by atoms with van der Waals surface area (Å²) in [6.45, 7) is 4.82. The minimum Gasteiger partial charge on any atom is -0.457 e. The average molecular weight is 432 g/mol. The molecule has 2 rings (SSSR count). The molecular formula is C20H21N3O4S2. The summed E-state index contributed by atoms with van der Waals surface area (Å²) < 4.78 is 5.03. The molecule has 9 heteroatoms. The van der Waals surface area contributed by atoms with Crippen LogP contribution < -0.4 is 5.32 Å². The normalized spacial score (nSPS) is 12.5. The second-order valence-corrected chi connectivity index (χ2v) is 8.55. The Morgan fingerprint density at radius 1 is 1.28 bits per heavy atom. The first-order valence-corrected chi connectivity index (χ1v) is 10.7. The Balaban J connectivity index is 1.76. The number of anilines is 1. The fourth-order valence-electron chi connectivity index (χ4n) is 2.22. The third-order valence-electron chi connectivity index (χ3n) is 3.82. The lowest BCUT2D eigenvalue weighted by Crippen LogP contribution is -2.25. The van der Waals surface area contributed by atoms with Crippen molar-refractivity contribution >= 4 is 46.4 Å². The number of thiazole rings is 1. The number of amides is 1. The van der Waals surface area contributed by atoms with E-state index in [1.807, 2.05) is 25.1 Å². The standard InChI is InChI=1S/C20H21N3O4S2/c1-12-4-6-15(7-5-12)23-18(25)11-28-14(3)20(26)27-9-17(24)16(8-21)19-22-13(2)10-29-19/h4-7,10,14,16H,9,11H2,1-3H3,(H,23,25)/t14-,16+/m0/s1. The summed E-state index contributed by atoms with van der Waals surface area (Å²) in [5, 5.41) is 13.5. The van der Waals surface area contributed by atoms with Crippen molar-refractivity contribution in [3.8, 4) is 6.07 Å². The lowest BCUT2D eigenvalue weighted by Gasteiger charge is -2.12. The second-order valence-electron chi connectivity index (χ2n) is 6.33. The first kappa shape index (κ1) is 22.6. The number of hydrogen-bond donors (Lipinski definition) is 1. The Bertz CT molecular complexity index is 919. The third kappa shape index (κ3) is 7.00. The minimum absolute atomic E-state index is 0.0668. The third-order valence-corrected chi connectivity index (χ3v) is 5.97. The summed E-state index contributed by atoms with van der Waals surface area (Å²) in [6, 6.07) is 9.29.